The van der Waals surface area contributed by atoms with Crippen LogP contribution in [0.2, 0.25) is 5.02 Å². The van der Waals surface area contributed by atoms with Crippen LogP contribution in [-0.2, 0) is 6.54 Å². The second-order valence-electron chi connectivity index (χ2n) is 5.03. The fourth-order valence-corrected chi connectivity index (χ4v) is 2.18. The molecule has 0 fully saturated rings. The van der Waals surface area contributed by atoms with Crippen LogP contribution in [0.25, 0.3) is 0 Å². The normalized spacial score (nSPS) is 11.9. The molecule has 0 spiro atoms. The molecule has 0 radical (unpaired) electrons. The van der Waals surface area contributed by atoms with Gasteiger partial charge < -0.3 is 20.1 Å². The Morgan fingerprint density at radius 2 is 2.24 bits per heavy atom. The van der Waals surface area contributed by atoms with Gasteiger partial charge in [0.15, 0.2) is 0 Å². The Hall–Kier alpha value is -1.46. The lowest BCUT2D eigenvalue weighted by molar-refractivity contribution is 0.200. The Bertz CT molecular complexity index is 468. The van der Waals surface area contributed by atoms with Crippen molar-refractivity contribution in [3.8, 4) is 5.75 Å². The molecule has 1 unspecified atom stereocenters. The van der Waals surface area contributed by atoms with Gasteiger partial charge in [0, 0.05) is 30.3 Å². The number of urea groups is 1. The third kappa shape index (κ3) is 5.81. The van der Waals surface area contributed by atoms with Gasteiger partial charge >= 0.3 is 6.03 Å². The fraction of sp³-hybridized carbons (Fsp3) is 0.533. The average molecular weight is 315 g/mol. The number of methoxy groups -OCH3 is 1. The SMILES string of the molecule is COc1ccc(Cl)cc1CN(C)C(=O)NC(C)CCCO. The third-order valence-corrected chi connectivity index (χ3v) is 3.40. The highest BCUT2D eigenvalue weighted by atomic mass is 35.5. The Balaban J connectivity index is 2.61. The third-order valence-electron chi connectivity index (χ3n) is 3.16. The number of hydrogen-bond acceptors (Lipinski definition) is 3. The lowest BCUT2D eigenvalue weighted by Gasteiger charge is -2.22. The molecular formula is C15H23ClN2O3. The summed E-state index contributed by atoms with van der Waals surface area (Å²) in [6.45, 7) is 2.46. The first-order chi connectivity index (χ1) is 9.97. The molecule has 6 heteroatoms. The van der Waals surface area contributed by atoms with Gasteiger partial charge in [-0.25, -0.2) is 4.79 Å². The number of aliphatic hydroxyl groups is 1. The molecule has 0 aliphatic rings. The van der Waals surface area contributed by atoms with Crippen molar-refractivity contribution >= 4 is 17.6 Å². The molecule has 0 aliphatic heterocycles. The van der Waals surface area contributed by atoms with Crippen molar-refractivity contribution in [3.05, 3.63) is 28.8 Å². The number of ether oxygens (including phenoxy) is 1. The monoisotopic (exact) mass is 314 g/mol. The van der Waals surface area contributed by atoms with Crippen molar-refractivity contribution in [2.45, 2.75) is 32.4 Å². The standard InChI is InChI=1S/C15H23ClN2O3/c1-11(5-4-8-19)17-15(20)18(2)10-12-9-13(16)6-7-14(12)21-3/h6-7,9,11,19H,4-5,8,10H2,1-3H3,(H,17,20). The smallest absolute Gasteiger partial charge is 0.317 e. The summed E-state index contributed by atoms with van der Waals surface area (Å²) in [6.07, 6.45) is 1.42. The van der Waals surface area contributed by atoms with E-state index in [9.17, 15) is 4.79 Å². The maximum Gasteiger partial charge on any atom is 0.317 e. The van der Waals surface area contributed by atoms with Gasteiger partial charge in [0.05, 0.1) is 13.7 Å². The molecule has 0 heterocycles. The van der Waals surface area contributed by atoms with Crippen LogP contribution in [0, 0.1) is 0 Å². The van der Waals surface area contributed by atoms with Crippen molar-refractivity contribution in [1.82, 2.24) is 10.2 Å². The number of halogens is 1. The van der Waals surface area contributed by atoms with Crippen LogP contribution in [0.5, 0.6) is 5.75 Å². The minimum Gasteiger partial charge on any atom is -0.496 e. The Kier molecular flexibility index (Phi) is 7.32. The minimum absolute atomic E-state index is 0.0216. The first-order valence-corrected chi connectivity index (χ1v) is 7.30. The van der Waals surface area contributed by atoms with Gasteiger partial charge in [0.2, 0.25) is 0 Å². The molecular weight excluding hydrogens is 292 g/mol. The molecule has 1 rings (SSSR count). The van der Waals surface area contributed by atoms with Gasteiger partial charge in [-0.05, 0) is 38.0 Å². The quantitative estimate of drug-likeness (QED) is 0.813. The number of aliphatic hydroxyl groups excluding tert-OH is 1. The number of rotatable bonds is 7. The molecule has 1 aromatic carbocycles. The zero-order valence-electron chi connectivity index (χ0n) is 12.7. The summed E-state index contributed by atoms with van der Waals surface area (Å²) in [5.41, 5.74) is 0.852. The summed E-state index contributed by atoms with van der Waals surface area (Å²) in [5, 5.41) is 12.3. The highest BCUT2D eigenvalue weighted by Gasteiger charge is 2.14. The molecule has 0 aromatic heterocycles. The highest BCUT2D eigenvalue weighted by molar-refractivity contribution is 6.30. The van der Waals surface area contributed by atoms with E-state index in [1.807, 2.05) is 6.92 Å². The molecule has 21 heavy (non-hydrogen) atoms. The number of carbonyl (C=O) groups is 1. The molecule has 118 valence electrons. The van der Waals surface area contributed by atoms with Gasteiger partial charge in [-0.3, -0.25) is 0 Å². The zero-order valence-corrected chi connectivity index (χ0v) is 13.5. The lowest BCUT2D eigenvalue weighted by Crippen LogP contribution is -2.41. The molecule has 1 atom stereocenters. The maximum absolute atomic E-state index is 12.1. The van der Waals surface area contributed by atoms with Crippen molar-refractivity contribution < 1.29 is 14.6 Å². The minimum atomic E-state index is -0.164. The number of amides is 2. The van der Waals surface area contributed by atoms with Crippen LogP contribution in [0.3, 0.4) is 0 Å². The Labute approximate surface area is 130 Å². The van der Waals surface area contributed by atoms with Crippen LogP contribution >= 0.6 is 11.6 Å². The zero-order chi connectivity index (χ0) is 15.8. The van der Waals surface area contributed by atoms with Gasteiger partial charge in [0.1, 0.15) is 5.75 Å². The van der Waals surface area contributed by atoms with E-state index in [2.05, 4.69) is 5.32 Å². The van der Waals surface area contributed by atoms with Crippen molar-refractivity contribution in [3.63, 3.8) is 0 Å². The largest absolute Gasteiger partial charge is 0.496 e. The van der Waals surface area contributed by atoms with E-state index in [0.717, 1.165) is 12.0 Å². The van der Waals surface area contributed by atoms with E-state index in [1.54, 1.807) is 37.3 Å². The molecule has 1 aromatic rings. The first-order valence-electron chi connectivity index (χ1n) is 6.92. The summed E-state index contributed by atoms with van der Waals surface area (Å²) >= 11 is 5.98. The van der Waals surface area contributed by atoms with Crippen molar-refractivity contribution in [2.75, 3.05) is 20.8 Å². The van der Waals surface area contributed by atoms with Crippen LogP contribution in [0.15, 0.2) is 18.2 Å². The number of nitrogens with one attached hydrogen (secondary N) is 1. The predicted molar refractivity (Wildman–Crippen MR) is 83.8 cm³/mol. The highest BCUT2D eigenvalue weighted by Crippen LogP contribution is 2.23. The molecule has 5 nitrogen and oxygen atoms in total. The van der Waals surface area contributed by atoms with Crippen molar-refractivity contribution in [1.29, 1.82) is 0 Å². The average Bonchev–Trinajstić information content (AvgIpc) is 2.45. The predicted octanol–water partition coefficient (Wildman–Crippen LogP) is 2.65. The van der Waals surface area contributed by atoms with Crippen LogP contribution in [-0.4, -0.2) is 42.8 Å². The second kappa shape index (κ2) is 8.74. The summed E-state index contributed by atoms with van der Waals surface area (Å²) in [5.74, 6) is 0.701. The van der Waals surface area contributed by atoms with Crippen LogP contribution in [0.1, 0.15) is 25.3 Å². The molecule has 2 amide bonds. The van der Waals surface area contributed by atoms with Gasteiger partial charge in [-0.15, -0.1) is 0 Å². The second-order valence-corrected chi connectivity index (χ2v) is 5.47. The fourth-order valence-electron chi connectivity index (χ4n) is 1.99. The molecule has 2 N–H and O–H groups in total. The van der Waals surface area contributed by atoms with Gasteiger partial charge in [0.25, 0.3) is 0 Å². The summed E-state index contributed by atoms with van der Waals surface area (Å²) in [4.78, 5) is 13.7. The Morgan fingerprint density at radius 1 is 1.52 bits per heavy atom. The Morgan fingerprint density at radius 3 is 2.86 bits per heavy atom. The van der Waals surface area contributed by atoms with E-state index in [0.29, 0.717) is 23.7 Å². The van der Waals surface area contributed by atoms with E-state index >= 15 is 0 Å². The van der Waals surface area contributed by atoms with Crippen LogP contribution < -0.4 is 10.1 Å². The van der Waals surface area contributed by atoms with E-state index < -0.39 is 0 Å². The van der Waals surface area contributed by atoms with E-state index in [4.69, 9.17) is 21.4 Å². The summed E-state index contributed by atoms with van der Waals surface area (Å²) in [6, 6.07) is 5.18. The van der Waals surface area contributed by atoms with Gasteiger partial charge in [-0.1, -0.05) is 11.6 Å². The van der Waals surface area contributed by atoms with Gasteiger partial charge in [-0.2, -0.15) is 0 Å². The number of nitrogens with zero attached hydrogens (tertiary/aromatic N) is 1. The summed E-state index contributed by atoms with van der Waals surface area (Å²) < 4.78 is 5.27. The van der Waals surface area contributed by atoms with E-state index in [1.165, 1.54) is 0 Å². The van der Waals surface area contributed by atoms with Crippen molar-refractivity contribution in [2.24, 2.45) is 0 Å². The molecule has 0 aliphatic carbocycles. The summed E-state index contributed by atoms with van der Waals surface area (Å²) in [7, 11) is 3.30. The molecule has 0 bridgehead atoms. The molecule has 0 saturated carbocycles. The van der Waals surface area contributed by atoms with E-state index in [-0.39, 0.29) is 18.7 Å². The maximum atomic E-state index is 12.1. The number of benzene rings is 1. The number of carbonyl (C=O) groups excluding carboxylic acids is 1. The van der Waals surface area contributed by atoms with Crippen LogP contribution in [0.4, 0.5) is 4.79 Å². The topological polar surface area (TPSA) is 61.8 Å². The lowest BCUT2D eigenvalue weighted by atomic mass is 10.2. The molecule has 0 saturated heterocycles. The first kappa shape index (κ1) is 17.6. The number of hydrogen-bond donors (Lipinski definition) is 2.